The molecule has 302 valence electrons. The van der Waals surface area contributed by atoms with Gasteiger partial charge in [0, 0.05) is 38.4 Å². The summed E-state index contributed by atoms with van der Waals surface area (Å²) in [6.07, 6.45) is 0. The maximum Gasteiger partial charge on any atom is 0.238 e. The predicted octanol–water partition coefficient (Wildman–Crippen LogP) is 14.7. The van der Waals surface area contributed by atoms with Gasteiger partial charge in [-0.3, -0.25) is 4.57 Å². The van der Waals surface area contributed by atoms with E-state index >= 15 is 0 Å². The smallest absolute Gasteiger partial charge is 0.238 e. The maximum atomic E-state index is 6.64. The van der Waals surface area contributed by atoms with Gasteiger partial charge in [0.25, 0.3) is 0 Å². The van der Waals surface area contributed by atoms with E-state index in [2.05, 4.69) is 167 Å². The maximum absolute atomic E-state index is 6.64. The zero-order chi connectivity index (χ0) is 42.6. The lowest BCUT2D eigenvalue weighted by molar-refractivity contribution is 0.620. The van der Waals surface area contributed by atoms with Crippen molar-refractivity contribution in [2.24, 2.45) is 0 Å². The van der Waals surface area contributed by atoms with Gasteiger partial charge in [0.05, 0.1) is 27.6 Å². The Hall–Kier alpha value is -8.94. The molecule has 0 spiro atoms. The molecule has 0 aliphatic heterocycles. The molecule has 10 aromatic carbocycles. The van der Waals surface area contributed by atoms with Gasteiger partial charge < -0.3 is 8.98 Å². The van der Waals surface area contributed by atoms with Crippen LogP contribution in [-0.4, -0.2) is 29.1 Å². The first kappa shape index (κ1) is 35.6. The number of oxazole rings is 1. The SMILES string of the molecule is c1ccc(-c2nc3cccc(-c4nc(-c5ccc6c7ccccc7c7ccccc7c6c5)nc(-n5c6ccccc6c6ccc7c8ccccc8n(-c8ccccc8)c7c65)n4)c3o2)cc1. The van der Waals surface area contributed by atoms with Crippen LogP contribution in [0, 0.1) is 0 Å². The molecule has 0 unspecified atom stereocenters. The Morgan fingerprint density at radius 1 is 0.338 bits per heavy atom. The highest BCUT2D eigenvalue weighted by Gasteiger charge is 2.25. The topological polar surface area (TPSA) is 74.6 Å². The van der Waals surface area contributed by atoms with Gasteiger partial charge in [-0.25, -0.2) is 9.97 Å². The van der Waals surface area contributed by atoms with Crippen molar-refractivity contribution in [1.29, 1.82) is 0 Å². The first-order chi connectivity index (χ1) is 32.2. The average Bonchev–Trinajstić information content (AvgIpc) is 4.07. The molecular formula is C58H34N6O. The molecule has 0 aliphatic rings. The third kappa shape index (κ3) is 5.30. The standard InChI is InChI=1S/C58H34N6O/c1-3-16-35(17-4-1)57-59-49-27-15-26-47(54(49)65-57)56-60-55(36-30-31-42-40-22-8-7-20-38(40)39-21-9-10-23-41(39)48(42)34-36)61-58(62-56)64-51-29-14-12-25-44(51)46-33-32-45-43-24-11-13-28-50(43)63(52(45)53(46)64)37-18-5-2-6-19-37/h1-34H. The Kier molecular flexibility index (Phi) is 7.55. The summed E-state index contributed by atoms with van der Waals surface area (Å²) in [7, 11) is 0. The predicted molar refractivity (Wildman–Crippen MR) is 265 cm³/mol. The molecule has 0 aliphatic carbocycles. The van der Waals surface area contributed by atoms with Crippen molar-refractivity contribution in [3.63, 3.8) is 0 Å². The number of rotatable bonds is 5. The molecule has 0 bridgehead atoms. The summed E-state index contributed by atoms with van der Waals surface area (Å²) in [5.74, 6) is 2.06. The summed E-state index contributed by atoms with van der Waals surface area (Å²) in [5, 5.41) is 11.7. The molecular weight excluding hydrogens is 797 g/mol. The van der Waals surface area contributed by atoms with Crippen molar-refractivity contribution in [3.8, 4) is 45.9 Å². The van der Waals surface area contributed by atoms with Crippen LogP contribution in [-0.2, 0) is 0 Å². The monoisotopic (exact) mass is 830 g/mol. The van der Waals surface area contributed by atoms with Crippen molar-refractivity contribution in [2.45, 2.75) is 0 Å². The van der Waals surface area contributed by atoms with Gasteiger partial charge in [-0.1, -0.05) is 152 Å². The van der Waals surface area contributed by atoms with Crippen LogP contribution in [0.25, 0.3) is 133 Å². The van der Waals surface area contributed by atoms with Gasteiger partial charge in [-0.15, -0.1) is 0 Å². The van der Waals surface area contributed by atoms with E-state index in [0.29, 0.717) is 29.1 Å². The van der Waals surface area contributed by atoms with Crippen molar-refractivity contribution >= 4 is 87.0 Å². The number of para-hydroxylation sites is 4. The van der Waals surface area contributed by atoms with Crippen molar-refractivity contribution < 1.29 is 4.42 Å². The molecule has 14 rings (SSSR count). The summed E-state index contributed by atoms with van der Waals surface area (Å²) in [6.45, 7) is 0. The van der Waals surface area contributed by atoms with Crippen LogP contribution in [0.2, 0.25) is 0 Å². The minimum atomic E-state index is 0.483. The molecule has 14 aromatic rings. The highest BCUT2D eigenvalue weighted by atomic mass is 16.3. The van der Waals surface area contributed by atoms with Crippen LogP contribution in [0.15, 0.2) is 211 Å². The number of hydrogen-bond acceptors (Lipinski definition) is 5. The van der Waals surface area contributed by atoms with E-state index in [1.54, 1.807) is 0 Å². The lowest BCUT2D eigenvalue weighted by atomic mass is 9.93. The molecule has 0 amide bonds. The molecule has 4 aromatic heterocycles. The normalized spacial score (nSPS) is 12.0. The second-order valence-electron chi connectivity index (χ2n) is 16.6. The molecule has 65 heavy (non-hydrogen) atoms. The van der Waals surface area contributed by atoms with Crippen molar-refractivity contribution in [1.82, 2.24) is 29.1 Å². The third-order valence-electron chi connectivity index (χ3n) is 13.0. The summed E-state index contributed by atoms with van der Waals surface area (Å²) in [5.41, 5.74) is 9.09. The third-order valence-corrected chi connectivity index (χ3v) is 13.0. The molecule has 0 saturated carbocycles. The van der Waals surface area contributed by atoms with E-state index in [-0.39, 0.29) is 0 Å². The van der Waals surface area contributed by atoms with E-state index in [0.717, 1.165) is 71.5 Å². The number of hydrogen-bond donors (Lipinski definition) is 0. The average molecular weight is 831 g/mol. The number of nitrogens with zero attached hydrogens (tertiary/aromatic N) is 6. The van der Waals surface area contributed by atoms with Gasteiger partial charge in [-0.05, 0) is 86.9 Å². The van der Waals surface area contributed by atoms with Gasteiger partial charge >= 0.3 is 0 Å². The van der Waals surface area contributed by atoms with Gasteiger partial charge in [0.1, 0.15) is 5.52 Å². The second kappa shape index (κ2) is 13.8. The first-order valence-corrected chi connectivity index (χ1v) is 21.8. The summed E-state index contributed by atoms with van der Waals surface area (Å²) in [4.78, 5) is 21.3. The van der Waals surface area contributed by atoms with E-state index < -0.39 is 0 Å². The zero-order valence-electron chi connectivity index (χ0n) is 34.7. The molecule has 0 radical (unpaired) electrons. The van der Waals surface area contributed by atoms with Crippen LogP contribution in [0.5, 0.6) is 0 Å². The van der Waals surface area contributed by atoms with Crippen molar-refractivity contribution in [3.05, 3.63) is 206 Å². The largest absolute Gasteiger partial charge is 0.435 e. The van der Waals surface area contributed by atoms with E-state index in [4.69, 9.17) is 24.4 Å². The summed E-state index contributed by atoms with van der Waals surface area (Å²) < 4.78 is 11.3. The highest BCUT2D eigenvalue weighted by molar-refractivity contribution is 6.26. The van der Waals surface area contributed by atoms with E-state index in [1.165, 1.54) is 32.3 Å². The fourth-order valence-electron chi connectivity index (χ4n) is 10.1. The fraction of sp³-hybridized carbons (Fsp3) is 0. The lowest BCUT2D eigenvalue weighted by Gasteiger charge is -2.14. The molecule has 4 heterocycles. The number of fused-ring (bicyclic) bond motifs is 14. The Morgan fingerprint density at radius 3 is 1.54 bits per heavy atom. The summed E-state index contributed by atoms with van der Waals surface area (Å²) >= 11 is 0. The Balaban J connectivity index is 1.11. The Morgan fingerprint density at radius 2 is 0.862 bits per heavy atom. The number of aromatic nitrogens is 6. The van der Waals surface area contributed by atoms with Crippen LogP contribution in [0.4, 0.5) is 0 Å². The van der Waals surface area contributed by atoms with Crippen LogP contribution in [0.3, 0.4) is 0 Å². The molecule has 7 nitrogen and oxygen atoms in total. The van der Waals surface area contributed by atoms with E-state index in [9.17, 15) is 0 Å². The summed E-state index contributed by atoms with van der Waals surface area (Å²) in [6, 6.07) is 72.2. The van der Waals surface area contributed by atoms with Crippen LogP contribution in [0.1, 0.15) is 0 Å². The minimum absolute atomic E-state index is 0.483. The second-order valence-corrected chi connectivity index (χ2v) is 16.6. The Bertz CT molecular complexity index is 4210. The molecule has 0 saturated heterocycles. The molecule has 0 atom stereocenters. The van der Waals surface area contributed by atoms with Crippen LogP contribution < -0.4 is 0 Å². The van der Waals surface area contributed by atoms with E-state index in [1.807, 2.05) is 48.5 Å². The number of benzene rings is 10. The first-order valence-electron chi connectivity index (χ1n) is 21.8. The van der Waals surface area contributed by atoms with Gasteiger partial charge in [0.2, 0.25) is 11.8 Å². The van der Waals surface area contributed by atoms with Gasteiger partial charge in [-0.2, -0.15) is 9.97 Å². The minimum Gasteiger partial charge on any atom is -0.435 e. The fourth-order valence-corrected chi connectivity index (χ4v) is 10.1. The van der Waals surface area contributed by atoms with Gasteiger partial charge in [0.15, 0.2) is 17.2 Å². The molecule has 0 fully saturated rings. The molecule has 0 N–H and O–H groups in total. The Labute approximate surface area is 371 Å². The van der Waals surface area contributed by atoms with Crippen LogP contribution >= 0.6 is 0 Å². The molecule has 7 heteroatoms. The van der Waals surface area contributed by atoms with Crippen molar-refractivity contribution in [2.75, 3.05) is 0 Å². The highest BCUT2D eigenvalue weighted by Crippen LogP contribution is 2.43. The lowest BCUT2D eigenvalue weighted by Crippen LogP contribution is -2.07. The zero-order valence-corrected chi connectivity index (χ0v) is 34.7. The quantitative estimate of drug-likeness (QED) is 0.162.